The maximum absolute atomic E-state index is 12.6. The lowest BCUT2D eigenvalue weighted by molar-refractivity contribution is 0.0342. The minimum absolute atomic E-state index is 0.180. The molecular formula is C20H28N6O4. The normalized spacial score (nSPS) is 14.3. The largest absolute Gasteiger partial charge is 0.385 e. The van der Waals surface area contributed by atoms with Crippen LogP contribution in [0.5, 0.6) is 0 Å². The number of ether oxygens (including phenoxy) is 2. The van der Waals surface area contributed by atoms with Gasteiger partial charge in [0.25, 0.3) is 5.91 Å². The molecule has 0 aliphatic carbocycles. The van der Waals surface area contributed by atoms with Gasteiger partial charge >= 0.3 is 6.03 Å². The summed E-state index contributed by atoms with van der Waals surface area (Å²) in [5, 5.41) is 14.6. The van der Waals surface area contributed by atoms with Crippen LogP contribution in [0.15, 0.2) is 30.5 Å². The van der Waals surface area contributed by atoms with Gasteiger partial charge in [-0.25, -0.2) is 4.79 Å². The van der Waals surface area contributed by atoms with Crippen LogP contribution in [0.4, 0.5) is 16.2 Å². The van der Waals surface area contributed by atoms with Crippen molar-refractivity contribution >= 4 is 23.3 Å². The number of carbonyl (C=O) groups is 2. The fourth-order valence-electron chi connectivity index (χ4n) is 3.04. The van der Waals surface area contributed by atoms with Gasteiger partial charge < -0.3 is 25.4 Å². The summed E-state index contributed by atoms with van der Waals surface area (Å²) in [5.74, 6) is -0.386. The lowest BCUT2D eigenvalue weighted by Crippen LogP contribution is -2.35. The molecule has 30 heavy (non-hydrogen) atoms. The molecule has 1 fully saturated rings. The molecule has 10 nitrogen and oxygen atoms in total. The van der Waals surface area contributed by atoms with Gasteiger partial charge in [0, 0.05) is 45.6 Å². The van der Waals surface area contributed by atoms with E-state index in [1.807, 2.05) is 24.3 Å². The second-order valence-electron chi connectivity index (χ2n) is 6.93. The second-order valence-corrected chi connectivity index (χ2v) is 6.93. The van der Waals surface area contributed by atoms with Gasteiger partial charge in [-0.05, 0) is 24.1 Å². The fraction of sp³-hybridized carbons (Fsp3) is 0.450. The molecule has 4 N–H and O–H groups in total. The maximum Gasteiger partial charge on any atom is 0.319 e. The van der Waals surface area contributed by atoms with Crippen LogP contribution in [0.3, 0.4) is 0 Å². The molecule has 0 saturated carbocycles. The van der Waals surface area contributed by atoms with E-state index in [0.29, 0.717) is 30.9 Å². The first-order chi connectivity index (χ1) is 14.7. The van der Waals surface area contributed by atoms with Crippen LogP contribution in [0, 0.1) is 0 Å². The van der Waals surface area contributed by atoms with E-state index in [1.54, 1.807) is 7.11 Å². The van der Waals surface area contributed by atoms with Crippen LogP contribution in [0.25, 0.3) is 0 Å². The van der Waals surface area contributed by atoms with Crippen molar-refractivity contribution in [2.45, 2.75) is 13.0 Å². The molecule has 3 amide bonds. The molecular weight excluding hydrogens is 388 g/mol. The number of hydrogen-bond acceptors (Lipinski definition) is 6. The molecule has 1 aromatic heterocycles. The molecule has 10 heteroatoms. The monoisotopic (exact) mass is 416 g/mol. The van der Waals surface area contributed by atoms with Crippen molar-refractivity contribution in [3.8, 4) is 0 Å². The number of amides is 3. The van der Waals surface area contributed by atoms with Crippen molar-refractivity contribution in [2.24, 2.45) is 0 Å². The van der Waals surface area contributed by atoms with Crippen LogP contribution in [0.1, 0.15) is 22.5 Å². The zero-order valence-corrected chi connectivity index (χ0v) is 17.1. The van der Waals surface area contributed by atoms with Crippen molar-refractivity contribution in [3.05, 3.63) is 41.7 Å². The summed E-state index contributed by atoms with van der Waals surface area (Å²) in [5.41, 5.74) is 2.32. The fourth-order valence-corrected chi connectivity index (χ4v) is 3.04. The van der Waals surface area contributed by atoms with E-state index < -0.39 is 6.03 Å². The Morgan fingerprint density at radius 2 is 1.97 bits per heavy atom. The van der Waals surface area contributed by atoms with Crippen LogP contribution in [-0.4, -0.2) is 73.6 Å². The smallest absolute Gasteiger partial charge is 0.319 e. The number of aromatic amines is 1. The summed E-state index contributed by atoms with van der Waals surface area (Å²) in [6, 6.07) is 7.29. The summed E-state index contributed by atoms with van der Waals surface area (Å²) < 4.78 is 10.3. The second kappa shape index (κ2) is 11.3. The Kier molecular flexibility index (Phi) is 8.19. The third-order valence-electron chi connectivity index (χ3n) is 4.65. The van der Waals surface area contributed by atoms with Gasteiger partial charge in [-0.2, -0.15) is 5.10 Å². The molecule has 2 heterocycles. The maximum atomic E-state index is 12.6. The van der Waals surface area contributed by atoms with Crippen molar-refractivity contribution in [1.82, 2.24) is 20.4 Å². The average molecular weight is 416 g/mol. The summed E-state index contributed by atoms with van der Waals surface area (Å²) in [4.78, 5) is 26.9. The number of anilines is 2. The zero-order chi connectivity index (χ0) is 21.2. The Hall–Kier alpha value is -2.95. The molecule has 3 rings (SSSR count). The molecule has 1 saturated heterocycles. The first-order valence-electron chi connectivity index (χ1n) is 9.93. The van der Waals surface area contributed by atoms with Crippen molar-refractivity contribution in [1.29, 1.82) is 0 Å². The van der Waals surface area contributed by atoms with E-state index in [4.69, 9.17) is 9.47 Å². The Morgan fingerprint density at radius 1 is 1.20 bits per heavy atom. The molecule has 162 valence electrons. The summed E-state index contributed by atoms with van der Waals surface area (Å²) >= 11 is 0. The number of nitrogens with zero attached hydrogens (tertiary/aromatic N) is 2. The van der Waals surface area contributed by atoms with Crippen LogP contribution in [-0.2, 0) is 16.0 Å². The summed E-state index contributed by atoms with van der Waals surface area (Å²) in [6.07, 6.45) is 2.10. The number of rotatable bonds is 9. The highest BCUT2D eigenvalue weighted by Crippen LogP contribution is 2.16. The van der Waals surface area contributed by atoms with E-state index in [2.05, 4.69) is 31.0 Å². The summed E-state index contributed by atoms with van der Waals surface area (Å²) in [6.45, 7) is 5.26. The van der Waals surface area contributed by atoms with Crippen LogP contribution >= 0.6 is 0 Å². The summed E-state index contributed by atoms with van der Waals surface area (Å²) in [7, 11) is 1.61. The number of benzene rings is 1. The third-order valence-corrected chi connectivity index (χ3v) is 4.65. The van der Waals surface area contributed by atoms with E-state index in [9.17, 15) is 9.59 Å². The number of H-pyrrole nitrogens is 1. The third kappa shape index (κ3) is 6.55. The Balaban J connectivity index is 1.51. The van der Waals surface area contributed by atoms with Gasteiger partial charge in [0.2, 0.25) is 0 Å². The molecule has 1 aliphatic rings. The van der Waals surface area contributed by atoms with Crippen LogP contribution < -0.4 is 16.0 Å². The van der Waals surface area contributed by atoms with Gasteiger partial charge in [0.15, 0.2) is 0 Å². The van der Waals surface area contributed by atoms with E-state index in [1.165, 1.54) is 11.8 Å². The van der Waals surface area contributed by atoms with Crippen molar-refractivity contribution in [2.75, 3.05) is 57.2 Å². The molecule has 0 radical (unpaired) electrons. The number of urea groups is 1. The van der Waals surface area contributed by atoms with Crippen LogP contribution in [0.2, 0.25) is 0 Å². The highest BCUT2D eigenvalue weighted by atomic mass is 16.5. The number of hydrogen-bond donors (Lipinski definition) is 4. The van der Waals surface area contributed by atoms with Gasteiger partial charge in [0.1, 0.15) is 5.69 Å². The zero-order valence-electron chi connectivity index (χ0n) is 17.1. The predicted molar refractivity (Wildman–Crippen MR) is 113 cm³/mol. The standard InChI is InChI=1S/C20H28N6O4/c1-29-10-2-7-21-20(28)24-17-13-22-25-18(17)19(27)23-16-5-3-15(4-6-16)14-26-8-11-30-12-9-26/h3-6,13H,2,7-12,14H2,1H3,(H,22,25)(H,23,27)(H2,21,24,28). The number of methoxy groups -OCH3 is 1. The molecule has 0 unspecified atom stereocenters. The number of aromatic nitrogens is 2. The SMILES string of the molecule is COCCCNC(=O)Nc1cn[nH]c1C(=O)Nc1ccc(CN2CCOCC2)cc1. The molecule has 2 aromatic rings. The highest BCUT2D eigenvalue weighted by Gasteiger charge is 2.16. The van der Waals surface area contributed by atoms with E-state index >= 15 is 0 Å². The molecule has 1 aliphatic heterocycles. The average Bonchev–Trinajstić information content (AvgIpc) is 3.21. The van der Waals surface area contributed by atoms with Gasteiger partial charge in [-0.15, -0.1) is 0 Å². The van der Waals surface area contributed by atoms with Crippen molar-refractivity contribution in [3.63, 3.8) is 0 Å². The lowest BCUT2D eigenvalue weighted by Gasteiger charge is -2.26. The number of morpholine rings is 1. The first-order valence-corrected chi connectivity index (χ1v) is 9.93. The quantitative estimate of drug-likeness (QED) is 0.462. The van der Waals surface area contributed by atoms with E-state index in [-0.39, 0.29) is 11.6 Å². The van der Waals surface area contributed by atoms with Gasteiger partial charge in [0.05, 0.1) is 25.1 Å². The number of carbonyl (C=O) groups excluding carboxylic acids is 2. The Morgan fingerprint density at radius 3 is 2.70 bits per heavy atom. The topological polar surface area (TPSA) is 121 Å². The molecule has 0 atom stereocenters. The molecule has 0 bridgehead atoms. The minimum atomic E-state index is -0.408. The molecule has 1 aromatic carbocycles. The number of nitrogens with one attached hydrogen (secondary N) is 4. The predicted octanol–water partition coefficient (Wildman–Crippen LogP) is 1.65. The Bertz CT molecular complexity index is 817. The van der Waals surface area contributed by atoms with E-state index in [0.717, 1.165) is 32.8 Å². The highest BCUT2D eigenvalue weighted by molar-refractivity contribution is 6.08. The van der Waals surface area contributed by atoms with Gasteiger partial charge in [-0.1, -0.05) is 12.1 Å². The van der Waals surface area contributed by atoms with Gasteiger partial charge in [-0.3, -0.25) is 14.8 Å². The lowest BCUT2D eigenvalue weighted by atomic mass is 10.2. The van der Waals surface area contributed by atoms with Crippen molar-refractivity contribution < 1.29 is 19.1 Å². The Labute approximate surface area is 175 Å². The first kappa shape index (κ1) is 21.8. The molecule has 0 spiro atoms. The minimum Gasteiger partial charge on any atom is -0.385 e.